The standard InChI is InChI=1S/C11H11N3O3S/c1-11(2)10(15)14(18(11,16)17)7-8-4-3-5-13-9(8)6-12/h3-5H,7H2,1-2H3. The number of nitrogens with zero attached hydrogens (tertiary/aromatic N) is 3. The minimum absolute atomic E-state index is 0.130. The van der Waals surface area contributed by atoms with Gasteiger partial charge in [-0.1, -0.05) is 6.07 Å². The highest BCUT2D eigenvalue weighted by atomic mass is 32.2. The molecule has 1 aromatic rings. The topological polar surface area (TPSA) is 91.1 Å². The van der Waals surface area contributed by atoms with Crippen LogP contribution in [0.15, 0.2) is 18.3 Å². The van der Waals surface area contributed by atoms with Gasteiger partial charge in [-0.3, -0.25) is 4.79 Å². The molecule has 0 unspecified atom stereocenters. The quantitative estimate of drug-likeness (QED) is 0.772. The normalized spacial score (nSPS) is 20.1. The largest absolute Gasteiger partial charge is 0.272 e. The van der Waals surface area contributed by atoms with Gasteiger partial charge in [-0.25, -0.2) is 17.7 Å². The summed E-state index contributed by atoms with van der Waals surface area (Å²) in [6.07, 6.45) is 1.44. The molecule has 0 radical (unpaired) electrons. The first kappa shape index (κ1) is 12.5. The Morgan fingerprint density at radius 3 is 2.72 bits per heavy atom. The van der Waals surface area contributed by atoms with E-state index in [-0.39, 0.29) is 12.2 Å². The predicted octanol–water partition coefficient (Wildman–Crippen LogP) is 0.404. The fraction of sp³-hybridized carbons (Fsp3) is 0.364. The van der Waals surface area contributed by atoms with E-state index in [1.807, 2.05) is 6.07 Å². The van der Waals surface area contributed by atoms with Crippen LogP contribution in [0.25, 0.3) is 0 Å². The molecule has 18 heavy (non-hydrogen) atoms. The first-order valence-electron chi connectivity index (χ1n) is 5.23. The maximum Gasteiger partial charge on any atom is 0.259 e. The third-order valence-electron chi connectivity index (χ3n) is 2.99. The molecule has 7 heteroatoms. The number of carbonyl (C=O) groups is 1. The molecular weight excluding hydrogens is 254 g/mol. The van der Waals surface area contributed by atoms with Crippen LogP contribution in [0.4, 0.5) is 0 Å². The van der Waals surface area contributed by atoms with E-state index in [0.29, 0.717) is 5.56 Å². The highest BCUT2D eigenvalue weighted by Gasteiger charge is 2.59. The fourth-order valence-corrected chi connectivity index (χ4v) is 3.24. The third kappa shape index (κ3) is 1.49. The lowest BCUT2D eigenvalue weighted by molar-refractivity contribution is -0.132. The Balaban J connectivity index is 2.33. The smallest absolute Gasteiger partial charge is 0.259 e. The minimum Gasteiger partial charge on any atom is -0.272 e. The molecule has 1 aliphatic rings. The Hall–Kier alpha value is -1.94. The highest BCUT2D eigenvalue weighted by molar-refractivity contribution is 7.94. The first-order valence-corrected chi connectivity index (χ1v) is 6.67. The van der Waals surface area contributed by atoms with Gasteiger partial charge in [0.15, 0.2) is 4.75 Å². The van der Waals surface area contributed by atoms with Crippen LogP contribution in [0.5, 0.6) is 0 Å². The molecular formula is C11H11N3O3S. The first-order chi connectivity index (χ1) is 8.32. The number of sulfonamides is 1. The van der Waals surface area contributed by atoms with E-state index in [2.05, 4.69) is 4.98 Å². The number of nitriles is 1. The van der Waals surface area contributed by atoms with Gasteiger partial charge in [0.05, 0.1) is 6.54 Å². The second kappa shape index (κ2) is 3.78. The van der Waals surface area contributed by atoms with Crippen LogP contribution in [0.1, 0.15) is 25.1 Å². The number of hydrogen-bond acceptors (Lipinski definition) is 5. The van der Waals surface area contributed by atoms with E-state index >= 15 is 0 Å². The summed E-state index contributed by atoms with van der Waals surface area (Å²) in [5, 5.41) is 8.86. The average molecular weight is 265 g/mol. The summed E-state index contributed by atoms with van der Waals surface area (Å²) in [4.78, 5) is 15.6. The Morgan fingerprint density at radius 1 is 1.50 bits per heavy atom. The van der Waals surface area contributed by atoms with Crippen molar-refractivity contribution in [2.24, 2.45) is 0 Å². The van der Waals surface area contributed by atoms with Crippen LogP contribution in [-0.2, 0) is 21.4 Å². The maximum atomic E-state index is 11.9. The number of carbonyl (C=O) groups excluding carboxylic acids is 1. The number of hydrogen-bond donors (Lipinski definition) is 0. The number of aromatic nitrogens is 1. The number of rotatable bonds is 2. The van der Waals surface area contributed by atoms with E-state index in [1.54, 1.807) is 12.1 Å². The zero-order chi connectivity index (χ0) is 13.6. The SMILES string of the molecule is CC1(C)C(=O)N(Cc2cccnc2C#N)S1(=O)=O. The van der Waals surface area contributed by atoms with Crippen molar-refractivity contribution in [2.75, 3.05) is 0 Å². The van der Waals surface area contributed by atoms with E-state index < -0.39 is 20.7 Å². The van der Waals surface area contributed by atoms with E-state index in [9.17, 15) is 13.2 Å². The van der Waals surface area contributed by atoms with Crippen molar-refractivity contribution >= 4 is 15.9 Å². The molecule has 2 rings (SSSR count). The van der Waals surface area contributed by atoms with Crippen molar-refractivity contribution in [1.29, 1.82) is 5.26 Å². The molecule has 0 saturated carbocycles. The van der Waals surface area contributed by atoms with E-state index in [1.165, 1.54) is 20.0 Å². The molecule has 0 aromatic carbocycles. The molecule has 94 valence electrons. The Kier molecular flexibility index (Phi) is 2.63. The molecule has 0 bridgehead atoms. The van der Waals surface area contributed by atoms with Gasteiger partial charge < -0.3 is 0 Å². The van der Waals surface area contributed by atoms with Crippen LogP contribution >= 0.6 is 0 Å². The van der Waals surface area contributed by atoms with Crippen molar-refractivity contribution in [2.45, 2.75) is 25.1 Å². The molecule has 2 heterocycles. The Bertz CT molecular complexity index is 658. The summed E-state index contributed by atoms with van der Waals surface area (Å²) in [5.41, 5.74) is 0.553. The summed E-state index contributed by atoms with van der Waals surface area (Å²) < 4.78 is 23.2. The van der Waals surface area contributed by atoms with Crippen molar-refractivity contribution in [3.05, 3.63) is 29.6 Å². The van der Waals surface area contributed by atoms with Gasteiger partial charge in [0.2, 0.25) is 0 Å². The molecule has 0 N–H and O–H groups in total. The molecule has 1 fully saturated rings. The molecule has 1 aliphatic heterocycles. The van der Waals surface area contributed by atoms with Gasteiger partial charge in [0.25, 0.3) is 15.9 Å². The van der Waals surface area contributed by atoms with Crippen LogP contribution in [0.3, 0.4) is 0 Å². The van der Waals surface area contributed by atoms with Crippen molar-refractivity contribution < 1.29 is 13.2 Å². The van der Waals surface area contributed by atoms with Crippen LogP contribution in [0.2, 0.25) is 0 Å². The van der Waals surface area contributed by atoms with E-state index in [0.717, 1.165) is 4.31 Å². The molecule has 0 atom stereocenters. The third-order valence-corrected chi connectivity index (χ3v) is 5.33. The van der Waals surface area contributed by atoms with Gasteiger partial charge in [-0.05, 0) is 19.9 Å². The van der Waals surface area contributed by atoms with Crippen LogP contribution < -0.4 is 0 Å². The molecule has 1 amide bonds. The average Bonchev–Trinajstić information content (AvgIpc) is 2.35. The van der Waals surface area contributed by atoms with Crippen LogP contribution in [-0.4, -0.2) is 28.4 Å². The maximum absolute atomic E-state index is 11.9. The van der Waals surface area contributed by atoms with Gasteiger partial charge in [-0.2, -0.15) is 5.26 Å². The summed E-state index contributed by atoms with van der Waals surface area (Å²) >= 11 is 0. The van der Waals surface area contributed by atoms with Gasteiger partial charge in [-0.15, -0.1) is 0 Å². The van der Waals surface area contributed by atoms with Crippen LogP contribution in [0, 0.1) is 11.3 Å². The Labute approximate surface area is 105 Å². The van der Waals surface area contributed by atoms with Gasteiger partial charge >= 0.3 is 0 Å². The Morgan fingerprint density at radius 2 is 2.17 bits per heavy atom. The van der Waals surface area contributed by atoms with Gasteiger partial charge in [0, 0.05) is 11.8 Å². The van der Waals surface area contributed by atoms with E-state index in [4.69, 9.17) is 5.26 Å². The zero-order valence-corrected chi connectivity index (χ0v) is 10.7. The fourth-order valence-electron chi connectivity index (χ4n) is 1.73. The summed E-state index contributed by atoms with van der Waals surface area (Å²) in [6.45, 7) is 2.60. The van der Waals surface area contributed by atoms with Crippen molar-refractivity contribution in [3.63, 3.8) is 0 Å². The summed E-state index contributed by atoms with van der Waals surface area (Å²) in [5.74, 6) is -0.463. The number of pyridine rings is 1. The predicted molar refractivity (Wildman–Crippen MR) is 62.5 cm³/mol. The molecule has 1 saturated heterocycles. The lowest BCUT2D eigenvalue weighted by Crippen LogP contribution is -2.66. The molecule has 0 aliphatic carbocycles. The summed E-state index contributed by atoms with van der Waals surface area (Å²) in [7, 11) is -3.63. The van der Waals surface area contributed by atoms with Gasteiger partial charge in [0.1, 0.15) is 11.8 Å². The molecule has 0 spiro atoms. The lowest BCUT2D eigenvalue weighted by Gasteiger charge is -2.43. The van der Waals surface area contributed by atoms with Crippen molar-refractivity contribution in [1.82, 2.24) is 9.29 Å². The highest BCUT2D eigenvalue weighted by Crippen LogP contribution is 2.36. The monoisotopic (exact) mass is 265 g/mol. The second-order valence-electron chi connectivity index (χ2n) is 4.45. The lowest BCUT2D eigenvalue weighted by atomic mass is 10.1. The second-order valence-corrected chi connectivity index (χ2v) is 6.86. The molecule has 1 aromatic heterocycles. The minimum atomic E-state index is -3.63. The number of amides is 1. The zero-order valence-electron chi connectivity index (χ0n) is 9.91. The molecule has 6 nitrogen and oxygen atoms in total. The summed E-state index contributed by atoms with van der Waals surface area (Å²) in [6, 6.07) is 5.05. The van der Waals surface area contributed by atoms with Crippen molar-refractivity contribution in [3.8, 4) is 6.07 Å².